The zero-order valence-electron chi connectivity index (χ0n) is 13.6. The topological polar surface area (TPSA) is 64.6 Å². The van der Waals surface area contributed by atoms with E-state index in [0.29, 0.717) is 6.61 Å². The van der Waals surface area contributed by atoms with E-state index in [0.717, 1.165) is 30.6 Å². The highest BCUT2D eigenvalue weighted by molar-refractivity contribution is 5.83. The number of rotatable bonds is 4. The predicted octanol–water partition coefficient (Wildman–Crippen LogP) is 2.46. The van der Waals surface area contributed by atoms with Gasteiger partial charge in [0.1, 0.15) is 5.75 Å². The molecule has 1 saturated carbocycles. The number of hydrogen-bond donors (Lipinski definition) is 1. The van der Waals surface area contributed by atoms with Gasteiger partial charge in [-0.3, -0.25) is 9.59 Å². The first-order chi connectivity index (χ1) is 11.1. The van der Waals surface area contributed by atoms with Crippen LogP contribution in [0.4, 0.5) is 0 Å². The molecule has 1 heterocycles. The number of carbonyl (C=O) groups is 2. The maximum absolute atomic E-state index is 12.4. The van der Waals surface area contributed by atoms with Gasteiger partial charge in [-0.05, 0) is 49.8 Å². The monoisotopic (exact) mass is 317 g/mol. The number of fused-ring (bicyclic) bond motifs is 1. The second-order valence-electron chi connectivity index (χ2n) is 6.28. The zero-order chi connectivity index (χ0) is 16.4. The number of nitrogens with one attached hydrogen (secondary N) is 1. The number of benzene rings is 1. The van der Waals surface area contributed by atoms with Gasteiger partial charge in [0.2, 0.25) is 5.91 Å². The average molecular weight is 317 g/mol. The zero-order valence-corrected chi connectivity index (χ0v) is 13.6. The number of esters is 1. The summed E-state index contributed by atoms with van der Waals surface area (Å²) in [5.41, 5.74) is 1.05. The van der Waals surface area contributed by atoms with Crippen molar-refractivity contribution < 1.29 is 19.1 Å². The van der Waals surface area contributed by atoms with Gasteiger partial charge in [-0.1, -0.05) is 12.1 Å². The first-order valence-corrected chi connectivity index (χ1v) is 8.25. The summed E-state index contributed by atoms with van der Waals surface area (Å²) in [6.07, 6.45) is 2.30. The van der Waals surface area contributed by atoms with Crippen LogP contribution < -0.4 is 10.1 Å². The lowest BCUT2D eigenvalue weighted by atomic mass is 9.79. The van der Waals surface area contributed by atoms with E-state index in [1.807, 2.05) is 31.2 Å². The number of methoxy groups -OCH3 is 1. The van der Waals surface area contributed by atoms with Gasteiger partial charge >= 0.3 is 5.97 Å². The van der Waals surface area contributed by atoms with Gasteiger partial charge in [0.15, 0.2) is 0 Å². The van der Waals surface area contributed by atoms with Crippen LogP contribution in [0.5, 0.6) is 5.75 Å². The standard InChI is InChI=1S/C18H23NO4/c1-3-23-18(21)14-9-8-13-15(14)10-16(19-17(13)20)11-4-6-12(22-2)7-5-11/h4-7,13-16H,3,8-10H2,1-2H3,(H,19,20)/t13-,14-,15-,16-/m1/s1. The van der Waals surface area contributed by atoms with Crippen molar-refractivity contribution in [3.05, 3.63) is 29.8 Å². The largest absolute Gasteiger partial charge is 0.497 e. The van der Waals surface area contributed by atoms with Crippen LogP contribution in [0.15, 0.2) is 24.3 Å². The van der Waals surface area contributed by atoms with Gasteiger partial charge in [0.05, 0.1) is 25.7 Å². The summed E-state index contributed by atoms with van der Waals surface area (Å²) in [5, 5.41) is 3.10. The summed E-state index contributed by atoms with van der Waals surface area (Å²) in [6.45, 7) is 2.21. The molecule has 1 aromatic rings. The van der Waals surface area contributed by atoms with E-state index in [9.17, 15) is 9.59 Å². The molecule has 0 unspecified atom stereocenters. The molecule has 4 atom stereocenters. The van der Waals surface area contributed by atoms with Gasteiger partial charge in [0.25, 0.3) is 0 Å². The fourth-order valence-corrected chi connectivity index (χ4v) is 3.93. The number of carbonyl (C=O) groups excluding carboxylic acids is 2. The first-order valence-electron chi connectivity index (χ1n) is 8.25. The highest BCUT2D eigenvalue weighted by Gasteiger charge is 2.48. The molecule has 1 aromatic carbocycles. The average Bonchev–Trinajstić information content (AvgIpc) is 3.00. The quantitative estimate of drug-likeness (QED) is 0.867. The SMILES string of the molecule is CCOC(=O)[C@@H]1CC[C@H]2C(=O)N[C@@H](c3ccc(OC)cc3)C[C@H]21. The van der Waals surface area contributed by atoms with E-state index >= 15 is 0 Å². The van der Waals surface area contributed by atoms with Crippen LogP contribution in [0, 0.1) is 17.8 Å². The van der Waals surface area contributed by atoms with Gasteiger partial charge in [0, 0.05) is 5.92 Å². The van der Waals surface area contributed by atoms with Gasteiger partial charge < -0.3 is 14.8 Å². The van der Waals surface area contributed by atoms with Crippen LogP contribution in [0.2, 0.25) is 0 Å². The molecule has 2 fully saturated rings. The predicted molar refractivity (Wildman–Crippen MR) is 84.8 cm³/mol. The summed E-state index contributed by atoms with van der Waals surface area (Å²) in [5.74, 6) is 0.580. The Morgan fingerprint density at radius 3 is 2.65 bits per heavy atom. The number of ether oxygens (including phenoxy) is 2. The molecule has 0 aromatic heterocycles. The molecule has 1 aliphatic heterocycles. The number of hydrogen-bond acceptors (Lipinski definition) is 4. The lowest BCUT2D eigenvalue weighted by molar-refractivity contribution is -0.150. The second-order valence-corrected chi connectivity index (χ2v) is 6.28. The molecular formula is C18H23NO4. The van der Waals surface area contributed by atoms with Gasteiger partial charge in [-0.2, -0.15) is 0 Å². The molecule has 2 aliphatic rings. The van der Waals surface area contributed by atoms with Crippen molar-refractivity contribution in [2.24, 2.45) is 17.8 Å². The van der Waals surface area contributed by atoms with E-state index in [1.54, 1.807) is 7.11 Å². The fraction of sp³-hybridized carbons (Fsp3) is 0.556. The van der Waals surface area contributed by atoms with Crippen LogP contribution in [-0.4, -0.2) is 25.6 Å². The molecule has 0 radical (unpaired) electrons. The van der Waals surface area contributed by atoms with Gasteiger partial charge in [-0.25, -0.2) is 0 Å². The minimum Gasteiger partial charge on any atom is -0.497 e. The van der Waals surface area contributed by atoms with Crippen LogP contribution in [0.1, 0.15) is 37.8 Å². The Bertz CT molecular complexity index is 583. The summed E-state index contributed by atoms with van der Waals surface area (Å²) < 4.78 is 10.4. The lowest BCUT2D eigenvalue weighted by Crippen LogP contribution is -2.44. The van der Waals surface area contributed by atoms with Crippen molar-refractivity contribution in [2.45, 2.75) is 32.2 Å². The van der Waals surface area contributed by atoms with Crippen LogP contribution in [0.25, 0.3) is 0 Å². The third kappa shape index (κ3) is 3.05. The van der Waals surface area contributed by atoms with E-state index in [1.165, 1.54) is 0 Å². The fourth-order valence-electron chi connectivity index (χ4n) is 3.93. The third-order valence-corrected chi connectivity index (χ3v) is 5.09. The lowest BCUT2D eigenvalue weighted by Gasteiger charge is -2.34. The molecule has 124 valence electrons. The Kier molecular flexibility index (Phi) is 4.55. The normalized spacial score (nSPS) is 29.6. The molecule has 0 bridgehead atoms. The smallest absolute Gasteiger partial charge is 0.309 e. The van der Waals surface area contributed by atoms with Gasteiger partial charge in [-0.15, -0.1) is 0 Å². The van der Waals surface area contributed by atoms with E-state index in [4.69, 9.17) is 9.47 Å². The molecule has 1 amide bonds. The Labute approximate surface area is 136 Å². The third-order valence-electron chi connectivity index (χ3n) is 5.09. The maximum atomic E-state index is 12.4. The van der Waals surface area contributed by atoms with Crippen molar-refractivity contribution in [1.29, 1.82) is 0 Å². The highest BCUT2D eigenvalue weighted by atomic mass is 16.5. The van der Waals surface area contributed by atoms with Crippen LogP contribution >= 0.6 is 0 Å². The maximum Gasteiger partial charge on any atom is 0.309 e. The van der Waals surface area contributed by atoms with E-state index < -0.39 is 0 Å². The van der Waals surface area contributed by atoms with Crippen LogP contribution in [0.3, 0.4) is 0 Å². The molecule has 1 aliphatic carbocycles. The first kappa shape index (κ1) is 15.8. The second kappa shape index (κ2) is 6.60. The van der Waals surface area contributed by atoms with Crippen molar-refractivity contribution in [1.82, 2.24) is 5.32 Å². The molecule has 5 heteroatoms. The molecule has 23 heavy (non-hydrogen) atoms. The highest BCUT2D eigenvalue weighted by Crippen LogP contribution is 2.45. The minimum absolute atomic E-state index is 0.0512. The van der Waals surface area contributed by atoms with Crippen molar-refractivity contribution in [3.63, 3.8) is 0 Å². The van der Waals surface area contributed by atoms with Crippen molar-refractivity contribution in [2.75, 3.05) is 13.7 Å². The molecule has 0 spiro atoms. The summed E-state index contributed by atoms with van der Waals surface area (Å²) in [6, 6.07) is 7.68. The molecule has 5 nitrogen and oxygen atoms in total. The number of amides is 1. The Hall–Kier alpha value is -2.04. The Morgan fingerprint density at radius 2 is 2.00 bits per heavy atom. The van der Waals surface area contributed by atoms with E-state index in [2.05, 4.69) is 5.32 Å². The minimum atomic E-state index is -0.150. The Morgan fingerprint density at radius 1 is 1.26 bits per heavy atom. The summed E-state index contributed by atoms with van der Waals surface area (Å²) >= 11 is 0. The molecular weight excluding hydrogens is 294 g/mol. The molecule has 3 rings (SSSR count). The van der Waals surface area contributed by atoms with Crippen LogP contribution in [-0.2, 0) is 14.3 Å². The van der Waals surface area contributed by atoms with Crippen molar-refractivity contribution in [3.8, 4) is 5.75 Å². The van der Waals surface area contributed by atoms with E-state index in [-0.39, 0.29) is 35.7 Å². The summed E-state index contributed by atoms with van der Waals surface area (Å²) in [7, 11) is 1.63. The molecule has 1 N–H and O–H groups in total. The van der Waals surface area contributed by atoms with Crippen molar-refractivity contribution >= 4 is 11.9 Å². The molecule has 1 saturated heterocycles. The number of piperidine rings is 1. The Balaban J connectivity index is 1.77. The summed E-state index contributed by atoms with van der Waals surface area (Å²) in [4.78, 5) is 24.6.